The molecule has 1 aromatic heterocycles. The molecular weight excluding hydrogens is 260 g/mol. The number of nitrogen functional groups attached to an aromatic ring is 1. The van der Waals surface area contributed by atoms with E-state index in [4.69, 9.17) is 5.84 Å². The summed E-state index contributed by atoms with van der Waals surface area (Å²) in [7, 11) is 2.27. The van der Waals surface area contributed by atoms with Crippen LogP contribution in [-0.2, 0) is 6.54 Å². The van der Waals surface area contributed by atoms with Crippen molar-refractivity contribution in [3.8, 4) is 0 Å². The SMILES string of the molecule is CN1CCCC2CN(Cc3nnc(NN)s3)CCC21. The minimum absolute atomic E-state index is 0.697. The third-order valence-electron chi connectivity index (χ3n) is 4.38. The summed E-state index contributed by atoms with van der Waals surface area (Å²) >= 11 is 1.55. The van der Waals surface area contributed by atoms with Crippen LogP contribution in [0.25, 0.3) is 0 Å². The van der Waals surface area contributed by atoms with Crippen LogP contribution >= 0.6 is 11.3 Å². The number of hydrogen-bond acceptors (Lipinski definition) is 7. The summed E-state index contributed by atoms with van der Waals surface area (Å²) in [5, 5.41) is 9.91. The Morgan fingerprint density at radius 1 is 1.37 bits per heavy atom. The minimum atomic E-state index is 0.697. The lowest BCUT2D eigenvalue weighted by Crippen LogP contribution is -2.52. The van der Waals surface area contributed by atoms with E-state index >= 15 is 0 Å². The van der Waals surface area contributed by atoms with Gasteiger partial charge in [-0.25, -0.2) is 5.84 Å². The molecule has 6 nitrogen and oxygen atoms in total. The molecule has 0 bridgehead atoms. The molecule has 3 rings (SSSR count). The maximum atomic E-state index is 5.34. The Morgan fingerprint density at radius 2 is 2.26 bits per heavy atom. The van der Waals surface area contributed by atoms with Gasteiger partial charge < -0.3 is 4.90 Å². The van der Waals surface area contributed by atoms with Crippen LogP contribution in [0.2, 0.25) is 0 Å². The molecule has 0 amide bonds. The molecule has 106 valence electrons. The largest absolute Gasteiger partial charge is 0.303 e. The second-order valence-electron chi connectivity index (χ2n) is 5.62. The second kappa shape index (κ2) is 5.70. The van der Waals surface area contributed by atoms with Crippen molar-refractivity contribution >= 4 is 16.5 Å². The normalized spacial score (nSPS) is 29.2. The summed E-state index contributed by atoms with van der Waals surface area (Å²) in [6.45, 7) is 4.53. The van der Waals surface area contributed by atoms with Crippen LogP contribution in [0, 0.1) is 5.92 Å². The predicted molar refractivity (Wildman–Crippen MR) is 76.8 cm³/mol. The molecular formula is C12H22N6S. The maximum absolute atomic E-state index is 5.34. The molecule has 0 aromatic carbocycles. The molecule has 0 saturated carbocycles. The van der Waals surface area contributed by atoms with Gasteiger partial charge in [0.2, 0.25) is 5.13 Å². The second-order valence-corrected chi connectivity index (χ2v) is 6.68. The minimum Gasteiger partial charge on any atom is -0.303 e. The van der Waals surface area contributed by atoms with Crippen LogP contribution in [0.1, 0.15) is 24.3 Å². The summed E-state index contributed by atoms with van der Waals surface area (Å²) in [5.74, 6) is 6.16. The number of nitrogens with two attached hydrogens (primary N) is 1. The van der Waals surface area contributed by atoms with E-state index in [2.05, 4.69) is 32.5 Å². The van der Waals surface area contributed by atoms with Crippen molar-refractivity contribution in [2.24, 2.45) is 11.8 Å². The van der Waals surface area contributed by atoms with Crippen LogP contribution in [-0.4, -0.2) is 52.7 Å². The van der Waals surface area contributed by atoms with Crippen molar-refractivity contribution in [2.75, 3.05) is 32.1 Å². The summed E-state index contributed by atoms with van der Waals surface area (Å²) in [6.07, 6.45) is 3.99. The highest BCUT2D eigenvalue weighted by molar-refractivity contribution is 7.15. The van der Waals surface area contributed by atoms with E-state index in [1.807, 2.05) is 0 Å². The lowest BCUT2D eigenvalue weighted by Gasteiger charge is -2.45. The highest BCUT2D eigenvalue weighted by Gasteiger charge is 2.34. The van der Waals surface area contributed by atoms with Crippen LogP contribution in [0.5, 0.6) is 0 Å². The van der Waals surface area contributed by atoms with Gasteiger partial charge in [0, 0.05) is 19.1 Å². The van der Waals surface area contributed by atoms with Gasteiger partial charge in [-0.1, -0.05) is 11.3 Å². The van der Waals surface area contributed by atoms with Crippen LogP contribution < -0.4 is 11.3 Å². The molecule has 2 aliphatic rings. The van der Waals surface area contributed by atoms with E-state index in [0.29, 0.717) is 5.13 Å². The molecule has 3 N–H and O–H groups in total. The first kappa shape index (κ1) is 13.2. The van der Waals surface area contributed by atoms with Crippen molar-refractivity contribution in [3.63, 3.8) is 0 Å². The topological polar surface area (TPSA) is 70.3 Å². The van der Waals surface area contributed by atoms with Crippen molar-refractivity contribution < 1.29 is 0 Å². The maximum Gasteiger partial charge on any atom is 0.219 e. The Kier molecular flexibility index (Phi) is 3.97. The number of nitrogens with one attached hydrogen (secondary N) is 1. The van der Waals surface area contributed by atoms with Crippen molar-refractivity contribution in [1.82, 2.24) is 20.0 Å². The molecule has 19 heavy (non-hydrogen) atoms. The number of rotatable bonds is 3. The van der Waals surface area contributed by atoms with Gasteiger partial charge in [-0.05, 0) is 38.8 Å². The molecule has 2 atom stereocenters. The molecule has 2 saturated heterocycles. The molecule has 2 fully saturated rings. The Hall–Kier alpha value is -0.760. The standard InChI is InChI=1S/C12H22N6S/c1-17-5-2-3-9-7-18(6-4-10(9)17)8-11-15-16-12(14-13)19-11/h9-10H,2-8,13H2,1H3,(H,14,16). The van der Waals surface area contributed by atoms with Gasteiger partial charge in [0.25, 0.3) is 0 Å². The Balaban J connectivity index is 1.58. The van der Waals surface area contributed by atoms with Crippen molar-refractivity contribution in [1.29, 1.82) is 0 Å². The van der Waals surface area contributed by atoms with Gasteiger partial charge >= 0.3 is 0 Å². The number of hydrazine groups is 1. The monoisotopic (exact) mass is 282 g/mol. The lowest BCUT2D eigenvalue weighted by atomic mass is 9.84. The molecule has 1 aromatic rings. The number of likely N-dealkylation sites (tertiary alicyclic amines) is 2. The van der Waals surface area contributed by atoms with E-state index in [1.165, 1.54) is 32.4 Å². The van der Waals surface area contributed by atoms with Gasteiger partial charge in [0.1, 0.15) is 5.01 Å². The molecule has 7 heteroatoms. The van der Waals surface area contributed by atoms with Gasteiger partial charge in [0.15, 0.2) is 0 Å². The summed E-state index contributed by atoms with van der Waals surface area (Å²) in [5.41, 5.74) is 2.56. The van der Waals surface area contributed by atoms with Crippen LogP contribution in [0.4, 0.5) is 5.13 Å². The molecule has 3 heterocycles. The summed E-state index contributed by atoms with van der Waals surface area (Å²) in [4.78, 5) is 5.06. The number of piperidine rings is 2. The lowest BCUT2D eigenvalue weighted by molar-refractivity contribution is 0.0354. The Labute approximate surface area is 117 Å². The van der Waals surface area contributed by atoms with E-state index in [-0.39, 0.29) is 0 Å². The molecule has 0 aliphatic carbocycles. The number of anilines is 1. The van der Waals surface area contributed by atoms with E-state index < -0.39 is 0 Å². The summed E-state index contributed by atoms with van der Waals surface area (Å²) in [6, 6.07) is 0.792. The first-order chi connectivity index (χ1) is 9.26. The Bertz CT molecular complexity index is 422. The third-order valence-corrected chi connectivity index (χ3v) is 5.22. The van der Waals surface area contributed by atoms with Gasteiger partial charge in [-0.15, -0.1) is 10.2 Å². The molecule has 2 unspecified atom stereocenters. The van der Waals surface area contributed by atoms with Gasteiger partial charge in [0.05, 0.1) is 6.54 Å². The number of fused-ring (bicyclic) bond motifs is 1. The van der Waals surface area contributed by atoms with Crippen LogP contribution in [0.3, 0.4) is 0 Å². The molecule has 0 radical (unpaired) electrons. The number of hydrogen-bond donors (Lipinski definition) is 2. The summed E-state index contributed by atoms with van der Waals surface area (Å²) < 4.78 is 0. The highest BCUT2D eigenvalue weighted by atomic mass is 32.1. The van der Waals surface area contributed by atoms with E-state index in [0.717, 1.165) is 30.1 Å². The van der Waals surface area contributed by atoms with Gasteiger partial charge in [-0.3, -0.25) is 10.3 Å². The number of aromatic nitrogens is 2. The first-order valence-corrected chi connectivity index (χ1v) is 7.79. The zero-order valence-corrected chi connectivity index (χ0v) is 12.2. The van der Waals surface area contributed by atoms with E-state index in [9.17, 15) is 0 Å². The Morgan fingerprint density at radius 3 is 3.05 bits per heavy atom. The average molecular weight is 282 g/mol. The van der Waals surface area contributed by atoms with Gasteiger partial charge in [-0.2, -0.15) is 0 Å². The highest BCUT2D eigenvalue weighted by Crippen LogP contribution is 2.30. The number of nitrogens with zero attached hydrogens (tertiary/aromatic N) is 4. The van der Waals surface area contributed by atoms with Crippen molar-refractivity contribution in [3.05, 3.63) is 5.01 Å². The fraction of sp³-hybridized carbons (Fsp3) is 0.833. The molecule has 2 aliphatic heterocycles. The quantitative estimate of drug-likeness (QED) is 0.629. The average Bonchev–Trinajstić information content (AvgIpc) is 2.86. The molecule has 0 spiro atoms. The zero-order chi connectivity index (χ0) is 13.2. The predicted octanol–water partition coefficient (Wildman–Crippen LogP) is 0.740. The fourth-order valence-electron chi connectivity index (χ4n) is 3.44. The smallest absolute Gasteiger partial charge is 0.219 e. The van der Waals surface area contributed by atoms with Crippen molar-refractivity contribution in [2.45, 2.75) is 31.8 Å². The fourth-order valence-corrected chi connectivity index (χ4v) is 4.13. The first-order valence-electron chi connectivity index (χ1n) is 6.98. The van der Waals surface area contributed by atoms with E-state index in [1.54, 1.807) is 11.3 Å². The third kappa shape index (κ3) is 2.89. The van der Waals surface area contributed by atoms with Crippen LogP contribution in [0.15, 0.2) is 0 Å². The zero-order valence-electron chi connectivity index (χ0n) is 11.4.